The molecule has 4 nitrogen and oxygen atoms in total. The second-order valence-corrected chi connectivity index (χ2v) is 4.58. The minimum atomic E-state index is -0.700. The molecule has 0 saturated heterocycles. The lowest BCUT2D eigenvalue weighted by Gasteiger charge is -2.13. The number of methoxy groups -OCH3 is 1. The molecule has 0 unspecified atom stereocenters. The number of aromatic nitrogens is 1. The minimum absolute atomic E-state index is 0.0642. The third-order valence-electron chi connectivity index (χ3n) is 2.85. The monoisotopic (exact) mass is 294 g/mol. The Bertz CT molecular complexity index is 689. The second kappa shape index (κ2) is 5.46. The fourth-order valence-electron chi connectivity index (χ4n) is 1.92. The van der Waals surface area contributed by atoms with Crippen molar-refractivity contribution in [1.82, 2.24) is 4.98 Å². The maximum absolute atomic E-state index is 14.3. The average molecular weight is 295 g/mol. The molecule has 0 radical (unpaired) electrons. The van der Waals surface area contributed by atoms with Crippen LogP contribution < -0.4 is 10.5 Å². The summed E-state index contributed by atoms with van der Waals surface area (Å²) in [6.45, 7) is 1.73. The SMILES string of the molecule is COc1ccc(Cl)c(F)c1-c1cc(C)ncc1C(N)=O. The van der Waals surface area contributed by atoms with Crippen LogP contribution in [0.3, 0.4) is 0 Å². The van der Waals surface area contributed by atoms with Gasteiger partial charge in [0.05, 0.1) is 23.3 Å². The van der Waals surface area contributed by atoms with Crippen molar-refractivity contribution in [3.8, 4) is 16.9 Å². The molecule has 6 heteroatoms. The molecule has 0 fully saturated rings. The van der Waals surface area contributed by atoms with Crippen molar-refractivity contribution in [3.05, 3.63) is 46.5 Å². The number of primary amides is 1. The first kappa shape index (κ1) is 14.3. The van der Waals surface area contributed by atoms with Crippen LogP contribution in [0.15, 0.2) is 24.4 Å². The van der Waals surface area contributed by atoms with E-state index in [1.165, 1.54) is 25.4 Å². The summed E-state index contributed by atoms with van der Waals surface area (Å²) >= 11 is 5.80. The van der Waals surface area contributed by atoms with Crippen LogP contribution in [-0.2, 0) is 0 Å². The molecular formula is C14H12ClFN2O2. The quantitative estimate of drug-likeness (QED) is 0.946. The standard InChI is InChI=1S/C14H12ClFN2O2/c1-7-5-8(9(6-18-7)14(17)19)12-11(20-2)4-3-10(15)13(12)16/h3-6H,1-2H3,(H2,17,19). The lowest BCUT2D eigenvalue weighted by Crippen LogP contribution is -2.13. The number of benzene rings is 1. The Morgan fingerprint density at radius 1 is 1.45 bits per heavy atom. The number of hydrogen-bond donors (Lipinski definition) is 1. The van der Waals surface area contributed by atoms with Gasteiger partial charge in [0.25, 0.3) is 5.91 Å². The van der Waals surface area contributed by atoms with Crippen molar-refractivity contribution in [2.45, 2.75) is 6.92 Å². The number of halogens is 2. The molecule has 0 saturated carbocycles. The zero-order valence-corrected chi connectivity index (χ0v) is 11.7. The summed E-state index contributed by atoms with van der Waals surface area (Å²) in [5, 5.41) is -0.0642. The van der Waals surface area contributed by atoms with Crippen molar-refractivity contribution in [2.24, 2.45) is 5.73 Å². The van der Waals surface area contributed by atoms with Gasteiger partial charge in [-0.05, 0) is 25.1 Å². The van der Waals surface area contributed by atoms with Gasteiger partial charge in [-0.3, -0.25) is 9.78 Å². The van der Waals surface area contributed by atoms with Crippen LogP contribution in [0.25, 0.3) is 11.1 Å². The predicted molar refractivity (Wildman–Crippen MR) is 74.4 cm³/mol. The van der Waals surface area contributed by atoms with E-state index in [0.29, 0.717) is 11.3 Å². The van der Waals surface area contributed by atoms with Crippen LogP contribution >= 0.6 is 11.6 Å². The third-order valence-corrected chi connectivity index (χ3v) is 3.14. The van der Waals surface area contributed by atoms with Gasteiger partial charge < -0.3 is 10.5 Å². The predicted octanol–water partition coefficient (Wildman–Crippen LogP) is 2.96. The molecule has 20 heavy (non-hydrogen) atoms. The van der Waals surface area contributed by atoms with Gasteiger partial charge in [-0.15, -0.1) is 0 Å². The smallest absolute Gasteiger partial charge is 0.250 e. The van der Waals surface area contributed by atoms with Crippen LogP contribution in [0.5, 0.6) is 5.75 Å². The minimum Gasteiger partial charge on any atom is -0.496 e. The van der Waals surface area contributed by atoms with Gasteiger partial charge in [0, 0.05) is 17.5 Å². The fraction of sp³-hybridized carbons (Fsp3) is 0.143. The van der Waals surface area contributed by atoms with E-state index in [0.717, 1.165) is 0 Å². The summed E-state index contributed by atoms with van der Waals surface area (Å²) in [4.78, 5) is 15.5. The molecule has 0 aliphatic rings. The van der Waals surface area contributed by atoms with E-state index in [9.17, 15) is 9.18 Å². The topological polar surface area (TPSA) is 65.2 Å². The molecular weight excluding hydrogens is 283 g/mol. The van der Waals surface area contributed by atoms with E-state index < -0.39 is 11.7 Å². The molecule has 2 N–H and O–H groups in total. The number of pyridine rings is 1. The number of nitrogens with zero attached hydrogens (tertiary/aromatic N) is 1. The number of amides is 1. The van der Waals surface area contributed by atoms with Gasteiger partial charge in [-0.1, -0.05) is 11.6 Å². The Kier molecular flexibility index (Phi) is 3.90. The third kappa shape index (κ3) is 2.44. The van der Waals surface area contributed by atoms with Crippen molar-refractivity contribution >= 4 is 17.5 Å². The number of rotatable bonds is 3. The lowest BCUT2D eigenvalue weighted by molar-refractivity contribution is 0.100. The van der Waals surface area contributed by atoms with Crippen molar-refractivity contribution in [3.63, 3.8) is 0 Å². The fourth-order valence-corrected chi connectivity index (χ4v) is 2.07. The largest absolute Gasteiger partial charge is 0.496 e. The van der Waals surface area contributed by atoms with Gasteiger partial charge in [-0.2, -0.15) is 0 Å². The van der Waals surface area contributed by atoms with E-state index in [4.69, 9.17) is 22.1 Å². The van der Waals surface area contributed by atoms with Gasteiger partial charge in [0.2, 0.25) is 0 Å². The van der Waals surface area contributed by atoms with Gasteiger partial charge in [0.15, 0.2) is 5.82 Å². The number of hydrogen-bond acceptors (Lipinski definition) is 3. The number of nitrogens with two attached hydrogens (primary N) is 1. The molecule has 0 aliphatic heterocycles. The van der Waals surface area contributed by atoms with Gasteiger partial charge in [0.1, 0.15) is 5.75 Å². The Hall–Kier alpha value is -2.14. The maximum atomic E-state index is 14.3. The van der Waals surface area contributed by atoms with E-state index in [1.807, 2.05) is 0 Å². The Morgan fingerprint density at radius 2 is 2.15 bits per heavy atom. The molecule has 0 spiro atoms. The van der Waals surface area contributed by atoms with Crippen LogP contribution in [0.2, 0.25) is 5.02 Å². The number of carbonyl (C=O) groups excluding carboxylic acids is 1. The summed E-state index contributed by atoms with van der Waals surface area (Å²) in [6, 6.07) is 4.48. The van der Waals surface area contributed by atoms with Crippen molar-refractivity contribution in [1.29, 1.82) is 0 Å². The summed E-state index contributed by atoms with van der Waals surface area (Å²) < 4.78 is 19.5. The highest BCUT2D eigenvalue weighted by molar-refractivity contribution is 6.31. The van der Waals surface area contributed by atoms with E-state index in [2.05, 4.69) is 4.98 Å². The molecule has 104 valence electrons. The van der Waals surface area contributed by atoms with E-state index in [1.54, 1.807) is 13.0 Å². The first-order valence-electron chi connectivity index (χ1n) is 5.74. The summed E-state index contributed by atoms with van der Waals surface area (Å²) in [6.07, 6.45) is 1.31. The van der Waals surface area contributed by atoms with Crippen LogP contribution in [0.1, 0.15) is 16.1 Å². The molecule has 1 aromatic carbocycles. The van der Waals surface area contributed by atoms with Crippen LogP contribution in [-0.4, -0.2) is 18.0 Å². The maximum Gasteiger partial charge on any atom is 0.250 e. The highest BCUT2D eigenvalue weighted by Crippen LogP contribution is 2.37. The molecule has 0 aliphatic carbocycles. The number of aryl methyl sites for hydroxylation is 1. The first-order valence-corrected chi connectivity index (χ1v) is 6.12. The van der Waals surface area contributed by atoms with E-state index >= 15 is 0 Å². The molecule has 0 bridgehead atoms. The second-order valence-electron chi connectivity index (χ2n) is 4.17. The van der Waals surface area contributed by atoms with Gasteiger partial charge >= 0.3 is 0 Å². The normalized spacial score (nSPS) is 10.4. The molecule has 1 heterocycles. The Morgan fingerprint density at radius 3 is 2.75 bits per heavy atom. The highest BCUT2D eigenvalue weighted by Gasteiger charge is 2.20. The number of ether oxygens (including phenoxy) is 1. The number of carbonyl (C=O) groups is 1. The van der Waals surface area contributed by atoms with E-state index in [-0.39, 0.29) is 21.9 Å². The molecule has 2 aromatic rings. The zero-order valence-electron chi connectivity index (χ0n) is 10.9. The highest BCUT2D eigenvalue weighted by atomic mass is 35.5. The van der Waals surface area contributed by atoms with Crippen molar-refractivity contribution in [2.75, 3.05) is 7.11 Å². The summed E-state index contributed by atoms with van der Waals surface area (Å²) in [7, 11) is 1.41. The molecule has 2 rings (SSSR count). The molecule has 0 atom stereocenters. The Balaban J connectivity index is 2.83. The first-order chi connectivity index (χ1) is 9.45. The average Bonchev–Trinajstić information content (AvgIpc) is 2.41. The molecule has 1 aromatic heterocycles. The summed E-state index contributed by atoms with van der Waals surface area (Å²) in [5.41, 5.74) is 6.43. The molecule has 1 amide bonds. The summed E-state index contributed by atoms with van der Waals surface area (Å²) in [5.74, 6) is -1.10. The van der Waals surface area contributed by atoms with Crippen LogP contribution in [0.4, 0.5) is 4.39 Å². The zero-order chi connectivity index (χ0) is 14.9. The Labute approximate surface area is 120 Å². The van der Waals surface area contributed by atoms with Crippen molar-refractivity contribution < 1.29 is 13.9 Å². The van der Waals surface area contributed by atoms with Gasteiger partial charge in [-0.25, -0.2) is 4.39 Å². The lowest BCUT2D eigenvalue weighted by atomic mass is 9.98. The van der Waals surface area contributed by atoms with Crippen LogP contribution in [0, 0.1) is 12.7 Å².